The highest BCUT2D eigenvalue weighted by atomic mass is 32.2. The number of thioether (sulfide) groups is 1. The molecule has 1 heterocycles. The number of anilines is 1. The fourth-order valence-corrected chi connectivity index (χ4v) is 3.27. The minimum atomic E-state index is -0.585. The smallest absolute Gasteiger partial charge is 0.161 e. The molecule has 0 bridgehead atoms. The molecular formula is C14H18F2N2S. The molecule has 0 spiro atoms. The molecule has 2 rings (SSSR count). The van der Waals surface area contributed by atoms with Gasteiger partial charge >= 0.3 is 0 Å². The Hall–Kier alpha value is -1.10. The summed E-state index contributed by atoms with van der Waals surface area (Å²) in [5, 5.41) is 3.79. The Morgan fingerprint density at radius 2 is 2.16 bits per heavy atom. The SMILES string of the molecule is Cc1ccc(F)c(NC2=NCC(CC(C)C)S2)c1F. The largest absolute Gasteiger partial charge is 0.330 e. The van der Waals surface area contributed by atoms with Crippen molar-refractivity contribution in [2.24, 2.45) is 10.9 Å². The van der Waals surface area contributed by atoms with Crippen LogP contribution < -0.4 is 5.32 Å². The van der Waals surface area contributed by atoms with Crippen LogP contribution in [0.2, 0.25) is 0 Å². The maximum Gasteiger partial charge on any atom is 0.161 e. The van der Waals surface area contributed by atoms with E-state index < -0.39 is 11.6 Å². The van der Waals surface area contributed by atoms with Crippen molar-refractivity contribution >= 4 is 22.6 Å². The van der Waals surface area contributed by atoms with Gasteiger partial charge in [0.1, 0.15) is 11.5 Å². The first-order valence-electron chi connectivity index (χ1n) is 6.40. The zero-order chi connectivity index (χ0) is 14.0. The lowest BCUT2D eigenvalue weighted by atomic mass is 10.1. The molecule has 0 saturated carbocycles. The zero-order valence-electron chi connectivity index (χ0n) is 11.3. The molecule has 1 aliphatic rings. The van der Waals surface area contributed by atoms with Gasteiger partial charge in [0.05, 0.1) is 6.54 Å². The van der Waals surface area contributed by atoms with E-state index in [-0.39, 0.29) is 5.69 Å². The Labute approximate surface area is 116 Å². The zero-order valence-corrected chi connectivity index (χ0v) is 12.2. The van der Waals surface area contributed by atoms with Crippen LogP contribution in [0.1, 0.15) is 25.8 Å². The van der Waals surface area contributed by atoms with Gasteiger partial charge in [0.2, 0.25) is 0 Å². The number of hydrogen-bond donors (Lipinski definition) is 1. The first kappa shape index (κ1) is 14.3. The summed E-state index contributed by atoms with van der Waals surface area (Å²) in [6, 6.07) is 2.70. The fraction of sp³-hybridized carbons (Fsp3) is 0.500. The monoisotopic (exact) mass is 284 g/mol. The molecule has 0 fully saturated rings. The molecule has 0 radical (unpaired) electrons. The Morgan fingerprint density at radius 1 is 1.42 bits per heavy atom. The molecule has 1 aromatic rings. The number of aryl methyl sites for hydroxylation is 1. The van der Waals surface area contributed by atoms with E-state index in [1.54, 1.807) is 18.7 Å². The van der Waals surface area contributed by atoms with Crippen molar-refractivity contribution in [3.8, 4) is 0 Å². The third-order valence-electron chi connectivity index (χ3n) is 2.97. The number of aliphatic imine (C=N–C) groups is 1. The molecule has 1 aliphatic heterocycles. The maximum atomic E-state index is 13.9. The first-order chi connectivity index (χ1) is 8.97. The van der Waals surface area contributed by atoms with Gasteiger partial charge in [-0.2, -0.15) is 0 Å². The molecule has 1 unspecified atom stereocenters. The van der Waals surface area contributed by atoms with E-state index in [9.17, 15) is 8.78 Å². The highest BCUT2D eigenvalue weighted by Crippen LogP contribution is 2.29. The highest BCUT2D eigenvalue weighted by Gasteiger charge is 2.22. The lowest BCUT2D eigenvalue weighted by Gasteiger charge is -2.12. The molecule has 0 saturated heterocycles. The van der Waals surface area contributed by atoms with E-state index in [4.69, 9.17) is 0 Å². The average Bonchev–Trinajstić information content (AvgIpc) is 2.76. The second-order valence-electron chi connectivity index (χ2n) is 5.19. The molecule has 5 heteroatoms. The standard InChI is InChI=1S/C14H18F2N2S/c1-8(2)6-10-7-17-14(19-10)18-13-11(15)5-4-9(3)12(13)16/h4-5,8,10H,6-7H2,1-3H3,(H,17,18). The van der Waals surface area contributed by atoms with E-state index >= 15 is 0 Å². The van der Waals surface area contributed by atoms with E-state index in [2.05, 4.69) is 24.2 Å². The lowest BCUT2D eigenvalue weighted by Crippen LogP contribution is -2.12. The predicted octanol–water partition coefficient (Wildman–Crippen LogP) is 4.20. The lowest BCUT2D eigenvalue weighted by molar-refractivity contribution is 0.575. The normalized spacial score (nSPS) is 18.8. The highest BCUT2D eigenvalue weighted by molar-refractivity contribution is 8.15. The predicted molar refractivity (Wildman–Crippen MR) is 77.9 cm³/mol. The van der Waals surface area contributed by atoms with Crippen LogP contribution in [0.5, 0.6) is 0 Å². The van der Waals surface area contributed by atoms with Crippen molar-refractivity contribution in [3.05, 3.63) is 29.3 Å². The summed E-state index contributed by atoms with van der Waals surface area (Å²) in [4.78, 5) is 4.31. The minimum Gasteiger partial charge on any atom is -0.330 e. The molecule has 1 aromatic carbocycles. The maximum absolute atomic E-state index is 13.9. The summed E-state index contributed by atoms with van der Waals surface area (Å²) in [5.74, 6) is -0.534. The van der Waals surface area contributed by atoms with Crippen molar-refractivity contribution < 1.29 is 8.78 Å². The molecule has 0 aromatic heterocycles. The van der Waals surface area contributed by atoms with Gasteiger partial charge < -0.3 is 5.32 Å². The van der Waals surface area contributed by atoms with Gasteiger partial charge in [-0.15, -0.1) is 0 Å². The van der Waals surface area contributed by atoms with Crippen LogP contribution in [0.15, 0.2) is 17.1 Å². The van der Waals surface area contributed by atoms with Crippen LogP contribution in [0.4, 0.5) is 14.5 Å². The van der Waals surface area contributed by atoms with Gasteiger partial charge in [-0.25, -0.2) is 8.78 Å². The second-order valence-corrected chi connectivity index (χ2v) is 6.48. The molecular weight excluding hydrogens is 266 g/mol. The Balaban J connectivity index is 2.06. The van der Waals surface area contributed by atoms with Crippen LogP contribution in [-0.4, -0.2) is 17.0 Å². The summed E-state index contributed by atoms with van der Waals surface area (Å²) < 4.78 is 27.5. The van der Waals surface area contributed by atoms with Crippen LogP contribution in [0, 0.1) is 24.5 Å². The Kier molecular flexibility index (Phi) is 4.45. The average molecular weight is 284 g/mol. The third kappa shape index (κ3) is 3.47. The number of nitrogens with one attached hydrogen (secondary N) is 1. The number of halogens is 2. The van der Waals surface area contributed by atoms with E-state index in [1.807, 2.05) is 0 Å². The molecule has 1 N–H and O–H groups in total. The number of benzene rings is 1. The van der Waals surface area contributed by atoms with Crippen molar-refractivity contribution in [2.75, 3.05) is 11.9 Å². The summed E-state index contributed by atoms with van der Waals surface area (Å²) in [6.07, 6.45) is 1.05. The number of amidine groups is 1. The van der Waals surface area contributed by atoms with Gasteiger partial charge in [0, 0.05) is 5.25 Å². The minimum absolute atomic E-state index is 0.101. The van der Waals surface area contributed by atoms with Gasteiger partial charge in [0.15, 0.2) is 11.0 Å². The van der Waals surface area contributed by atoms with Gasteiger partial charge in [0.25, 0.3) is 0 Å². The van der Waals surface area contributed by atoms with Crippen LogP contribution in [-0.2, 0) is 0 Å². The van der Waals surface area contributed by atoms with E-state index in [1.165, 1.54) is 12.1 Å². The van der Waals surface area contributed by atoms with Crippen LogP contribution >= 0.6 is 11.8 Å². The molecule has 1 atom stereocenters. The summed E-state index contributed by atoms with van der Waals surface area (Å²) in [5.41, 5.74) is 0.322. The number of nitrogens with zero attached hydrogens (tertiary/aromatic N) is 1. The van der Waals surface area contributed by atoms with Gasteiger partial charge in [-0.3, -0.25) is 4.99 Å². The Morgan fingerprint density at radius 3 is 2.84 bits per heavy atom. The number of hydrogen-bond acceptors (Lipinski definition) is 3. The topological polar surface area (TPSA) is 24.4 Å². The van der Waals surface area contributed by atoms with E-state index in [0.717, 1.165) is 6.42 Å². The molecule has 19 heavy (non-hydrogen) atoms. The summed E-state index contributed by atoms with van der Waals surface area (Å²) in [6.45, 7) is 6.64. The quantitative estimate of drug-likeness (QED) is 0.899. The van der Waals surface area contributed by atoms with Gasteiger partial charge in [-0.05, 0) is 30.9 Å². The summed E-state index contributed by atoms with van der Waals surface area (Å²) >= 11 is 1.56. The fourth-order valence-electron chi connectivity index (χ4n) is 2.01. The molecule has 0 aliphatic carbocycles. The van der Waals surface area contributed by atoms with Crippen molar-refractivity contribution in [3.63, 3.8) is 0 Å². The number of rotatable bonds is 3. The molecule has 2 nitrogen and oxygen atoms in total. The molecule has 0 amide bonds. The first-order valence-corrected chi connectivity index (χ1v) is 7.28. The molecule has 104 valence electrons. The summed E-state index contributed by atoms with van der Waals surface area (Å²) in [7, 11) is 0. The van der Waals surface area contributed by atoms with Crippen molar-refractivity contribution in [1.29, 1.82) is 0 Å². The Bertz CT molecular complexity index is 500. The van der Waals surface area contributed by atoms with E-state index in [0.29, 0.717) is 28.4 Å². The van der Waals surface area contributed by atoms with Crippen molar-refractivity contribution in [1.82, 2.24) is 0 Å². The van der Waals surface area contributed by atoms with Crippen LogP contribution in [0.25, 0.3) is 0 Å². The third-order valence-corrected chi connectivity index (χ3v) is 4.10. The second kappa shape index (κ2) is 5.90. The van der Waals surface area contributed by atoms with Crippen molar-refractivity contribution in [2.45, 2.75) is 32.4 Å². The van der Waals surface area contributed by atoms with Gasteiger partial charge in [-0.1, -0.05) is 31.7 Å². The van der Waals surface area contributed by atoms with Crippen LogP contribution in [0.3, 0.4) is 0 Å².